The van der Waals surface area contributed by atoms with Crippen LogP contribution in [0.3, 0.4) is 0 Å². The van der Waals surface area contributed by atoms with E-state index in [4.69, 9.17) is 17.3 Å². The highest BCUT2D eigenvalue weighted by atomic mass is 35.5. The number of hydrogen-bond donors (Lipinski definition) is 2. The van der Waals surface area contributed by atoms with E-state index in [-0.39, 0.29) is 16.5 Å². The molecule has 0 fully saturated rings. The van der Waals surface area contributed by atoms with Crippen LogP contribution in [0.2, 0.25) is 5.02 Å². The summed E-state index contributed by atoms with van der Waals surface area (Å²) in [5.74, 6) is -1.22. The molecule has 1 aromatic carbocycles. The summed E-state index contributed by atoms with van der Waals surface area (Å²) in [4.78, 5) is 3.84. The Balaban J connectivity index is 2.35. The minimum atomic E-state index is -4.78. The molecule has 0 spiro atoms. The Hall–Kier alpha value is -2.02. The lowest BCUT2D eigenvalue weighted by atomic mass is 10.2. The third-order valence-corrected chi connectivity index (χ3v) is 2.68. The maximum Gasteiger partial charge on any atom is 0.419 e. The van der Waals surface area contributed by atoms with Crippen LogP contribution < -0.4 is 11.1 Å². The number of alkyl halides is 3. The highest BCUT2D eigenvalue weighted by molar-refractivity contribution is 6.33. The largest absolute Gasteiger partial charge is 0.419 e. The first kappa shape index (κ1) is 14.4. The summed E-state index contributed by atoms with van der Waals surface area (Å²) in [6.45, 7) is 0. The zero-order valence-corrected chi connectivity index (χ0v) is 10.6. The van der Waals surface area contributed by atoms with Gasteiger partial charge in [-0.15, -0.1) is 0 Å². The van der Waals surface area contributed by atoms with Gasteiger partial charge < -0.3 is 11.1 Å². The molecule has 3 N–H and O–H groups in total. The molecule has 0 radical (unpaired) electrons. The van der Waals surface area contributed by atoms with E-state index in [0.29, 0.717) is 11.8 Å². The maximum atomic E-state index is 13.1. The molecule has 0 aliphatic carbocycles. The zero-order valence-electron chi connectivity index (χ0n) is 9.80. The molecule has 0 bridgehead atoms. The molecule has 0 saturated heterocycles. The number of rotatable bonds is 2. The number of nitrogen functional groups attached to an aromatic ring is 1. The van der Waals surface area contributed by atoms with Gasteiger partial charge >= 0.3 is 6.18 Å². The van der Waals surface area contributed by atoms with Gasteiger partial charge in [-0.3, -0.25) is 0 Å². The SMILES string of the molecule is Nc1cnc(Nc2ccc(F)c(C(F)(F)F)c2)c(Cl)c1. The molecule has 0 aliphatic heterocycles. The number of aromatic nitrogens is 1. The highest BCUT2D eigenvalue weighted by Gasteiger charge is 2.34. The molecule has 0 atom stereocenters. The van der Waals surface area contributed by atoms with Gasteiger partial charge in [-0.25, -0.2) is 9.37 Å². The Morgan fingerprint density at radius 1 is 1.20 bits per heavy atom. The third kappa shape index (κ3) is 3.11. The van der Waals surface area contributed by atoms with Crippen molar-refractivity contribution in [3.63, 3.8) is 0 Å². The van der Waals surface area contributed by atoms with E-state index in [9.17, 15) is 17.6 Å². The van der Waals surface area contributed by atoms with Crippen molar-refractivity contribution < 1.29 is 17.6 Å². The standard InChI is InChI=1S/C12H8ClF4N3/c13-9-3-6(18)5-19-11(9)20-7-1-2-10(14)8(4-7)12(15,16)17/h1-5H,18H2,(H,19,20). The van der Waals surface area contributed by atoms with Gasteiger partial charge in [0.05, 0.1) is 22.5 Å². The minimum Gasteiger partial charge on any atom is -0.397 e. The van der Waals surface area contributed by atoms with Gasteiger partial charge in [0, 0.05) is 5.69 Å². The fraction of sp³-hybridized carbons (Fsp3) is 0.0833. The summed E-state index contributed by atoms with van der Waals surface area (Å²) in [5.41, 5.74) is 4.41. The summed E-state index contributed by atoms with van der Waals surface area (Å²) >= 11 is 5.84. The Morgan fingerprint density at radius 3 is 2.50 bits per heavy atom. The number of nitrogens with zero attached hydrogens (tertiary/aromatic N) is 1. The van der Waals surface area contributed by atoms with Crippen LogP contribution in [0.4, 0.5) is 34.8 Å². The number of halogens is 5. The summed E-state index contributed by atoms with van der Waals surface area (Å²) in [6, 6.07) is 3.91. The lowest BCUT2D eigenvalue weighted by Crippen LogP contribution is -2.08. The van der Waals surface area contributed by atoms with Crippen LogP contribution in [0.5, 0.6) is 0 Å². The number of nitrogens with two attached hydrogens (primary N) is 1. The van der Waals surface area contributed by atoms with Crippen molar-refractivity contribution in [2.45, 2.75) is 6.18 Å². The minimum absolute atomic E-state index is 0.0119. The van der Waals surface area contributed by atoms with Crippen molar-refractivity contribution in [1.82, 2.24) is 4.98 Å². The average molecular weight is 306 g/mol. The van der Waals surface area contributed by atoms with Gasteiger partial charge in [0.1, 0.15) is 11.6 Å². The van der Waals surface area contributed by atoms with E-state index >= 15 is 0 Å². The van der Waals surface area contributed by atoms with Crippen molar-refractivity contribution >= 4 is 28.8 Å². The first-order valence-electron chi connectivity index (χ1n) is 5.32. The van der Waals surface area contributed by atoms with Gasteiger partial charge in [0.2, 0.25) is 0 Å². The topological polar surface area (TPSA) is 50.9 Å². The third-order valence-electron chi connectivity index (χ3n) is 2.40. The predicted molar refractivity (Wildman–Crippen MR) is 68.3 cm³/mol. The normalized spacial score (nSPS) is 11.4. The number of nitrogens with one attached hydrogen (secondary N) is 1. The second-order valence-corrected chi connectivity index (χ2v) is 4.32. The summed E-state index contributed by atoms with van der Waals surface area (Å²) in [7, 11) is 0. The van der Waals surface area contributed by atoms with Crippen molar-refractivity contribution in [2.24, 2.45) is 0 Å². The average Bonchev–Trinajstić information content (AvgIpc) is 2.33. The zero-order chi connectivity index (χ0) is 14.9. The van der Waals surface area contributed by atoms with Gasteiger partial charge in [0.15, 0.2) is 0 Å². The molecule has 3 nitrogen and oxygen atoms in total. The molecule has 106 valence electrons. The molecule has 1 heterocycles. The number of hydrogen-bond acceptors (Lipinski definition) is 3. The lowest BCUT2D eigenvalue weighted by Gasteiger charge is -2.12. The summed E-state index contributed by atoms with van der Waals surface area (Å²) in [5, 5.41) is 2.72. The molecule has 2 aromatic rings. The lowest BCUT2D eigenvalue weighted by molar-refractivity contribution is -0.139. The second-order valence-electron chi connectivity index (χ2n) is 3.92. The first-order chi connectivity index (χ1) is 9.27. The van der Waals surface area contributed by atoms with E-state index in [1.54, 1.807) is 0 Å². The van der Waals surface area contributed by atoms with Gasteiger partial charge in [-0.05, 0) is 24.3 Å². The Kier molecular flexibility index (Phi) is 3.71. The predicted octanol–water partition coefficient (Wildman–Crippen LogP) is 4.22. The van der Waals surface area contributed by atoms with Crippen LogP contribution in [0, 0.1) is 5.82 Å². The maximum absolute atomic E-state index is 13.1. The van der Waals surface area contributed by atoms with Crippen molar-refractivity contribution in [2.75, 3.05) is 11.1 Å². The van der Waals surface area contributed by atoms with Gasteiger partial charge in [-0.2, -0.15) is 13.2 Å². The molecule has 0 unspecified atom stereocenters. The van der Waals surface area contributed by atoms with Gasteiger partial charge in [0.25, 0.3) is 0 Å². The molecular weight excluding hydrogens is 298 g/mol. The van der Waals surface area contributed by atoms with E-state index in [1.807, 2.05) is 0 Å². The van der Waals surface area contributed by atoms with Crippen molar-refractivity contribution in [1.29, 1.82) is 0 Å². The molecule has 8 heteroatoms. The molecule has 0 saturated carbocycles. The Morgan fingerprint density at radius 2 is 1.90 bits per heavy atom. The highest BCUT2D eigenvalue weighted by Crippen LogP contribution is 2.34. The second kappa shape index (κ2) is 5.16. The van der Waals surface area contributed by atoms with Crippen LogP contribution in [-0.4, -0.2) is 4.98 Å². The Labute approximate surface area is 116 Å². The summed E-state index contributed by atoms with van der Waals surface area (Å²) in [6.07, 6.45) is -3.48. The fourth-order valence-corrected chi connectivity index (χ4v) is 1.72. The number of anilines is 3. The van der Waals surface area contributed by atoms with E-state index < -0.39 is 17.6 Å². The Bertz CT molecular complexity index is 643. The van der Waals surface area contributed by atoms with Crippen molar-refractivity contribution in [3.8, 4) is 0 Å². The molecule has 0 amide bonds. The van der Waals surface area contributed by atoms with E-state index in [0.717, 1.165) is 12.1 Å². The monoisotopic (exact) mass is 305 g/mol. The molecule has 0 aliphatic rings. The quantitative estimate of drug-likeness (QED) is 0.817. The fourth-order valence-electron chi connectivity index (χ4n) is 1.50. The molecule has 20 heavy (non-hydrogen) atoms. The van der Waals surface area contributed by atoms with Crippen LogP contribution in [0.1, 0.15) is 5.56 Å². The number of pyridine rings is 1. The molecule has 1 aromatic heterocycles. The van der Waals surface area contributed by atoms with Gasteiger partial charge in [-0.1, -0.05) is 11.6 Å². The van der Waals surface area contributed by atoms with E-state index in [1.165, 1.54) is 12.3 Å². The summed E-state index contributed by atoms with van der Waals surface area (Å²) < 4.78 is 50.9. The van der Waals surface area contributed by atoms with Crippen LogP contribution in [0.25, 0.3) is 0 Å². The van der Waals surface area contributed by atoms with Crippen molar-refractivity contribution in [3.05, 3.63) is 46.9 Å². The molecule has 2 rings (SSSR count). The van der Waals surface area contributed by atoms with E-state index in [2.05, 4.69) is 10.3 Å². The van der Waals surface area contributed by atoms with Crippen LogP contribution >= 0.6 is 11.6 Å². The van der Waals surface area contributed by atoms with Crippen LogP contribution in [0.15, 0.2) is 30.5 Å². The van der Waals surface area contributed by atoms with Crippen LogP contribution in [-0.2, 0) is 6.18 Å². The smallest absolute Gasteiger partial charge is 0.397 e. The number of benzene rings is 1. The first-order valence-corrected chi connectivity index (χ1v) is 5.70. The molecular formula is C12H8ClF4N3.